The summed E-state index contributed by atoms with van der Waals surface area (Å²) < 4.78 is 0. The molecule has 2 aromatic rings. The molecule has 6 heteroatoms. The van der Waals surface area contributed by atoms with Crippen LogP contribution in [0.3, 0.4) is 0 Å². The van der Waals surface area contributed by atoms with Crippen LogP contribution >= 0.6 is 11.3 Å². The lowest BCUT2D eigenvalue weighted by Gasteiger charge is -2.36. The molecular weight excluding hydrogens is 356 g/mol. The molecule has 1 saturated heterocycles. The van der Waals surface area contributed by atoms with Crippen LogP contribution in [0.5, 0.6) is 0 Å². The van der Waals surface area contributed by atoms with E-state index in [0.29, 0.717) is 6.54 Å². The fraction of sp³-hybridized carbons (Fsp3) is 0.524. The summed E-state index contributed by atoms with van der Waals surface area (Å²) in [5, 5.41) is 3.40. The van der Waals surface area contributed by atoms with Gasteiger partial charge in [0.2, 0.25) is 5.91 Å². The van der Waals surface area contributed by atoms with Crippen LogP contribution in [0.1, 0.15) is 29.6 Å². The molecule has 27 heavy (non-hydrogen) atoms. The quantitative estimate of drug-likeness (QED) is 0.795. The van der Waals surface area contributed by atoms with Gasteiger partial charge in [-0.25, -0.2) is 4.98 Å². The third-order valence-electron chi connectivity index (χ3n) is 5.52. The Morgan fingerprint density at radius 1 is 1.11 bits per heavy atom. The SMILES string of the molecule is CCc1nc(CN2CCN(CC(=O)N3CCCc4ccccc43)CC2)cs1. The maximum Gasteiger partial charge on any atom is 0.241 e. The molecule has 0 unspecified atom stereocenters. The number of carbonyl (C=O) groups is 1. The number of carbonyl (C=O) groups excluding carboxylic acids is 1. The van der Waals surface area contributed by atoms with Gasteiger partial charge in [-0.2, -0.15) is 0 Å². The Kier molecular flexibility index (Phi) is 5.86. The van der Waals surface area contributed by atoms with E-state index in [4.69, 9.17) is 0 Å². The summed E-state index contributed by atoms with van der Waals surface area (Å²) in [4.78, 5) is 24.3. The van der Waals surface area contributed by atoms with Crippen molar-refractivity contribution in [2.24, 2.45) is 0 Å². The van der Waals surface area contributed by atoms with E-state index >= 15 is 0 Å². The van der Waals surface area contributed by atoms with Crippen LogP contribution in [0, 0.1) is 0 Å². The first-order chi connectivity index (χ1) is 13.2. The molecule has 0 saturated carbocycles. The Labute approximate surface area is 165 Å². The minimum atomic E-state index is 0.239. The van der Waals surface area contributed by atoms with E-state index < -0.39 is 0 Å². The molecule has 1 amide bonds. The molecule has 0 aliphatic carbocycles. The van der Waals surface area contributed by atoms with Crippen LogP contribution in [0.2, 0.25) is 0 Å². The molecule has 5 nitrogen and oxygen atoms in total. The first kappa shape index (κ1) is 18.6. The lowest BCUT2D eigenvalue weighted by molar-refractivity contribution is -0.120. The fourth-order valence-electron chi connectivity index (χ4n) is 3.99. The molecule has 0 radical (unpaired) electrons. The number of thiazole rings is 1. The van der Waals surface area contributed by atoms with Crippen LogP contribution in [-0.2, 0) is 24.2 Å². The Bertz CT molecular complexity index is 782. The monoisotopic (exact) mass is 384 g/mol. The molecule has 1 fully saturated rings. The van der Waals surface area contributed by atoms with Crippen molar-refractivity contribution in [2.45, 2.75) is 32.7 Å². The van der Waals surface area contributed by atoms with Crippen LogP contribution in [0.25, 0.3) is 0 Å². The third-order valence-corrected chi connectivity index (χ3v) is 6.56. The van der Waals surface area contributed by atoms with Crippen LogP contribution in [0.15, 0.2) is 29.6 Å². The van der Waals surface area contributed by atoms with E-state index in [1.807, 2.05) is 11.0 Å². The summed E-state index contributed by atoms with van der Waals surface area (Å²) in [6.45, 7) is 8.36. The summed E-state index contributed by atoms with van der Waals surface area (Å²) >= 11 is 1.76. The van der Waals surface area contributed by atoms with Gasteiger partial charge in [-0.3, -0.25) is 14.6 Å². The first-order valence-electron chi connectivity index (χ1n) is 9.99. The van der Waals surface area contributed by atoms with Gasteiger partial charge in [-0.1, -0.05) is 25.1 Å². The van der Waals surface area contributed by atoms with E-state index in [0.717, 1.165) is 64.2 Å². The van der Waals surface area contributed by atoms with Gasteiger partial charge in [0.05, 0.1) is 17.2 Å². The van der Waals surface area contributed by atoms with Gasteiger partial charge in [0, 0.05) is 50.3 Å². The number of fused-ring (bicyclic) bond motifs is 1. The Balaban J connectivity index is 1.29. The number of anilines is 1. The lowest BCUT2D eigenvalue weighted by atomic mass is 10.0. The van der Waals surface area contributed by atoms with Crippen molar-refractivity contribution in [2.75, 3.05) is 44.2 Å². The molecule has 2 aliphatic rings. The standard InChI is InChI=1S/C21H28N4OS/c1-2-20-22-18(16-27-20)14-23-10-12-24(13-11-23)15-21(26)25-9-5-7-17-6-3-4-8-19(17)25/h3-4,6,8,16H,2,5,7,9-15H2,1H3. The minimum Gasteiger partial charge on any atom is -0.311 e. The highest BCUT2D eigenvalue weighted by atomic mass is 32.1. The lowest BCUT2D eigenvalue weighted by Crippen LogP contribution is -2.50. The van der Waals surface area contributed by atoms with Crippen molar-refractivity contribution in [3.8, 4) is 0 Å². The summed E-state index contributed by atoms with van der Waals surface area (Å²) in [5.74, 6) is 0.239. The second kappa shape index (κ2) is 8.50. The summed E-state index contributed by atoms with van der Waals surface area (Å²) in [7, 11) is 0. The number of nitrogens with zero attached hydrogens (tertiary/aromatic N) is 4. The number of aromatic nitrogens is 1. The van der Waals surface area contributed by atoms with Gasteiger partial charge in [0.15, 0.2) is 0 Å². The molecule has 0 bridgehead atoms. The Morgan fingerprint density at radius 2 is 1.89 bits per heavy atom. The summed E-state index contributed by atoms with van der Waals surface area (Å²) in [6.07, 6.45) is 3.15. The minimum absolute atomic E-state index is 0.239. The Hall–Kier alpha value is -1.76. The molecule has 2 aliphatic heterocycles. The van der Waals surface area contributed by atoms with E-state index in [9.17, 15) is 4.79 Å². The number of benzene rings is 1. The second-order valence-corrected chi connectivity index (χ2v) is 8.36. The van der Waals surface area contributed by atoms with E-state index in [2.05, 4.69) is 45.3 Å². The van der Waals surface area contributed by atoms with Crippen LogP contribution in [0.4, 0.5) is 5.69 Å². The molecular formula is C21H28N4OS. The first-order valence-corrected chi connectivity index (χ1v) is 10.9. The largest absolute Gasteiger partial charge is 0.311 e. The molecule has 0 spiro atoms. The van der Waals surface area contributed by atoms with Gasteiger partial charge in [0.25, 0.3) is 0 Å². The molecule has 3 heterocycles. The van der Waals surface area contributed by atoms with Gasteiger partial charge < -0.3 is 4.90 Å². The third kappa shape index (κ3) is 4.39. The summed E-state index contributed by atoms with van der Waals surface area (Å²) in [6, 6.07) is 8.34. The Morgan fingerprint density at radius 3 is 2.67 bits per heavy atom. The zero-order valence-corrected chi connectivity index (χ0v) is 16.9. The zero-order chi connectivity index (χ0) is 18.6. The maximum atomic E-state index is 12.9. The van der Waals surface area contributed by atoms with Gasteiger partial charge in [-0.05, 0) is 30.9 Å². The van der Waals surface area contributed by atoms with Crippen molar-refractivity contribution in [3.63, 3.8) is 0 Å². The molecule has 4 rings (SSSR count). The predicted molar refractivity (Wildman–Crippen MR) is 110 cm³/mol. The molecule has 0 N–H and O–H groups in total. The smallest absolute Gasteiger partial charge is 0.241 e. The average molecular weight is 385 g/mol. The number of piperazine rings is 1. The second-order valence-electron chi connectivity index (χ2n) is 7.42. The van der Waals surface area contributed by atoms with Crippen molar-refractivity contribution < 1.29 is 4.79 Å². The highest BCUT2D eigenvalue weighted by molar-refractivity contribution is 7.09. The van der Waals surface area contributed by atoms with Crippen LogP contribution in [-0.4, -0.2) is 60.0 Å². The average Bonchev–Trinajstić information content (AvgIpc) is 3.16. The van der Waals surface area contributed by atoms with Gasteiger partial charge >= 0.3 is 0 Å². The summed E-state index contributed by atoms with van der Waals surface area (Å²) in [5.41, 5.74) is 3.60. The van der Waals surface area contributed by atoms with Crippen molar-refractivity contribution in [1.82, 2.24) is 14.8 Å². The number of hydrogen-bond donors (Lipinski definition) is 0. The molecule has 144 valence electrons. The predicted octanol–water partition coefficient (Wildman–Crippen LogP) is 2.80. The highest BCUT2D eigenvalue weighted by Crippen LogP contribution is 2.26. The highest BCUT2D eigenvalue weighted by Gasteiger charge is 2.25. The molecule has 1 aromatic heterocycles. The fourth-order valence-corrected chi connectivity index (χ4v) is 4.72. The molecule has 1 aromatic carbocycles. The van der Waals surface area contributed by atoms with Gasteiger partial charge in [-0.15, -0.1) is 11.3 Å². The maximum absolute atomic E-state index is 12.9. The number of amides is 1. The number of hydrogen-bond acceptors (Lipinski definition) is 5. The topological polar surface area (TPSA) is 39.7 Å². The van der Waals surface area contributed by atoms with Crippen molar-refractivity contribution in [1.29, 1.82) is 0 Å². The van der Waals surface area contributed by atoms with E-state index in [-0.39, 0.29) is 5.91 Å². The van der Waals surface area contributed by atoms with E-state index in [1.54, 1.807) is 11.3 Å². The number of rotatable bonds is 5. The van der Waals surface area contributed by atoms with Crippen molar-refractivity contribution in [3.05, 3.63) is 45.9 Å². The zero-order valence-electron chi connectivity index (χ0n) is 16.1. The number of aryl methyl sites for hydroxylation is 2. The van der Waals surface area contributed by atoms with Crippen molar-refractivity contribution >= 4 is 22.9 Å². The molecule has 0 atom stereocenters. The van der Waals surface area contributed by atoms with Crippen LogP contribution < -0.4 is 4.90 Å². The normalized spacial score (nSPS) is 18.5. The number of para-hydroxylation sites is 1. The van der Waals surface area contributed by atoms with E-state index in [1.165, 1.54) is 16.3 Å². The van der Waals surface area contributed by atoms with Gasteiger partial charge in [0.1, 0.15) is 0 Å².